The molecule has 1 N–H and O–H groups in total. The molecule has 3 nitrogen and oxygen atoms in total. The van der Waals surface area contributed by atoms with Crippen molar-refractivity contribution < 1.29 is 14.6 Å². The van der Waals surface area contributed by atoms with Crippen LogP contribution in [-0.4, -0.2) is 18.0 Å². The third-order valence-electron chi connectivity index (χ3n) is 2.90. The Morgan fingerprint density at radius 1 is 1.42 bits per heavy atom. The lowest BCUT2D eigenvalue weighted by molar-refractivity contribution is 0.174. The Bertz CT molecular complexity index is 482. The van der Waals surface area contributed by atoms with Crippen LogP contribution >= 0.6 is 15.9 Å². The average molecular weight is 325 g/mol. The summed E-state index contributed by atoms with van der Waals surface area (Å²) in [6.45, 7) is 3.94. The van der Waals surface area contributed by atoms with Crippen LogP contribution in [0.15, 0.2) is 36.9 Å². The zero-order valence-electron chi connectivity index (χ0n) is 10.6. The summed E-state index contributed by atoms with van der Waals surface area (Å²) >= 11 is 3.49. The molecule has 0 bridgehead atoms. The number of rotatable bonds is 6. The maximum Gasteiger partial charge on any atom is 0.231 e. The van der Waals surface area contributed by atoms with E-state index in [1.54, 1.807) is 6.08 Å². The highest BCUT2D eigenvalue weighted by Crippen LogP contribution is 2.35. The lowest BCUT2D eigenvalue weighted by Crippen LogP contribution is -2.01. The summed E-state index contributed by atoms with van der Waals surface area (Å²) < 4.78 is 11.5. The van der Waals surface area contributed by atoms with E-state index in [0.29, 0.717) is 0 Å². The van der Waals surface area contributed by atoms with Gasteiger partial charge in [-0.15, -0.1) is 6.58 Å². The largest absolute Gasteiger partial charge is 0.454 e. The van der Waals surface area contributed by atoms with Crippen molar-refractivity contribution >= 4 is 20.4 Å². The van der Waals surface area contributed by atoms with Gasteiger partial charge in [0.05, 0.1) is 6.10 Å². The Morgan fingerprint density at radius 2 is 2.21 bits per heavy atom. The highest BCUT2D eigenvalue weighted by molar-refractivity contribution is 9.15. The van der Waals surface area contributed by atoms with Gasteiger partial charge in [-0.05, 0) is 49.1 Å². The van der Waals surface area contributed by atoms with E-state index in [4.69, 9.17) is 9.47 Å². The van der Waals surface area contributed by atoms with Gasteiger partial charge in [0.25, 0.3) is 0 Å². The van der Waals surface area contributed by atoms with Gasteiger partial charge in [0.2, 0.25) is 6.79 Å². The minimum Gasteiger partial charge on any atom is -0.454 e. The van der Waals surface area contributed by atoms with Gasteiger partial charge in [-0.2, -0.15) is 0 Å². The average Bonchev–Trinajstić information content (AvgIpc) is 2.86. The zero-order chi connectivity index (χ0) is 13.7. The molecule has 1 aromatic rings. The molecule has 1 unspecified atom stereocenters. The Balaban J connectivity index is 2.02. The Kier molecular flexibility index (Phi) is 5.05. The van der Waals surface area contributed by atoms with Crippen LogP contribution in [0.4, 0.5) is 0 Å². The molecule has 19 heavy (non-hydrogen) atoms. The van der Waals surface area contributed by atoms with Crippen molar-refractivity contribution in [2.24, 2.45) is 0 Å². The molecule has 4 heteroatoms. The van der Waals surface area contributed by atoms with Gasteiger partial charge in [-0.25, -0.2) is 0 Å². The van der Waals surface area contributed by atoms with Gasteiger partial charge in [-0.3, -0.25) is 0 Å². The van der Waals surface area contributed by atoms with Crippen molar-refractivity contribution in [3.63, 3.8) is 0 Å². The Morgan fingerprint density at radius 3 is 3.00 bits per heavy atom. The van der Waals surface area contributed by atoms with E-state index in [9.17, 15) is 5.11 Å². The third-order valence-corrected chi connectivity index (χ3v) is 3.62. The number of unbranched alkanes of at least 4 members (excludes halogenated alkanes) is 1. The van der Waals surface area contributed by atoms with Crippen molar-refractivity contribution in [1.82, 2.24) is 0 Å². The highest BCUT2D eigenvalue weighted by Gasteiger charge is 2.14. The molecular weight excluding hydrogens is 308 g/mol. The first kappa shape index (κ1) is 14.2. The number of fused-ring (bicyclic) bond motifs is 1. The normalized spacial score (nSPS) is 15.4. The number of benzene rings is 1. The number of hydrogen-bond donors (Lipinski definition) is 1. The monoisotopic (exact) mass is 324 g/mol. The molecular formula is C15H17BrO3. The van der Waals surface area contributed by atoms with Crippen LogP contribution in [0.25, 0.3) is 4.48 Å². The summed E-state index contributed by atoms with van der Waals surface area (Å²) in [5.41, 5.74) is 0.965. The molecule has 0 saturated carbocycles. The lowest BCUT2D eigenvalue weighted by atomic mass is 10.1. The smallest absolute Gasteiger partial charge is 0.231 e. The van der Waals surface area contributed by atoms with E-state index in [2.05, 4.69) is 22.5 Å². The quantitative estimate of drug-likeness (QED) is 0.637. The number of allylic oxidation sites excluding steroid dienone is 1. The topological polar surface area (TPSA) is 38.7 Å². The van der Waals surface area contributed by atoms with Gasteiger partial charge in [0.15, 0.2) is 11.5 Å². The van der Waals surface area contributed by atoms with Gasteiger partial charge < -0.3 is 14.6 Å². The fraction of sp³-hybridized carbons (Fsp3) is 0.333. The van der Waals surface area contributed by atoms with Crippen molar-refractivity contribution in [2.45, 2.75) is 25.4 Å². The van der Waals surface area contributed by atoms with Crippen LogP contribution < -0.4 is 9.47 Å². The molecule has 0 saturated heterocycles. The molecule has 0 spiro atoms. The van der Waals surface area contributed by atoms with E-state index in [1.807, 2.05) is 24.3 Å². The number of hydrogen-bond acceptors (Lipinski definition) is 3. The van der Waals surface area contributed by atoms with E-state index < -0.39 is 6.10 Å². The number of ether oxygens (including phenoxy) is 2. The highest BCUT2D eigenvalue weighted by atomic mass is 79.9. The molecule has 0 amide bonds. The minimum atomic E-state index is -0.459. The number of halogens is 1. The molecule has 0 aromatic heterocycles. The maximum atomic E-state index is 9.90. The Labute approximate surface area is 121 Å². The van der Waals surface area contributed by atoms with Crippen LogP contribution in [0.1, 0.15) is 24.8 Å². The van der Waals surface area contributed by atoms with Crippen LogP contribution in [-0.2, 0) is 0 Å². The summed E-state index contributed by atoms with van der Waals surface area (Å²) in [7, 11) is 0. The van der Waals surface area contributed by atoms with Gasteiger partial charge in [-0.1, -0.05) is 22.0 Å². The van der Waals surface area contributed by atoms with E-state index in [1.165, 1.54) is 0 Å². The molecule has 1 aliphatic rings. The fourth-order valence-corrected chi connectivity index (χ4v) is 2.42. The number of aliphatic hydroxyl groups is 1. The second kappa shape index (κ2) is 6.78. The molecule has 1 aliphatic heterocycles. The van der Waals surface area contributed by atoms with Crippen LogP contribution in [0.3, 0.4) is 0 Å². The van der Waals surface area contributed by atoms with E-state index in [0.717, 1.165) is 40.8 Å². The van der Waals surface area contributed by atoms with Crippen LogP contribution in [0.2, 0.25) is 0 Å². The van der Waals surface area contributed by atoms with Crippen LogP contribution in [0.5, 0.6) is 11.5 Å². The Hall–Kier alpha value is -1.26. The molecule has 1 heterocycles. The predicted molar refractivity (Wildman–Crippen MR) is 79.5 cm³/mol. The minimum absolute atomic E-state index is 0.268. The summed E-state index contributed by atoms with van der Waals surface area (Å²) in [6, 6.07) is 5.71. The van der Waals surface area contributed by atoms with E-state index in [-0.39, 0.29) is 6.79 Å². The third kappa shape index (κ3) is 3.85. The summed E-state index contributed by atoms with van der Waals surface area (Å²) in [5, 5.41) is 9.90. The lowest BCUT2D eigenvalue weighted by Gasteiger charge is -2.07. The summed E-state index contributed by atoms with van der Waals surface area (Å²) in [5.74, 6) is 1.50. The van der Waals surface area contributed by atoms with Crippen LogP contribution in [0, 0.1) is 0 Å². The molecule has 2 rings (SSSR count). The standard InChI is InChI=1S/C15H17BrO3/c1-2-3-4-5-12(17)9-13(16)11-6-7-14-15(8-11)19-10-18-14/h2,6-9,12,17H,1,3-5,10H2/b13-9-. The van der Waals surface area contributed by atoms with Gasteiger partial charge in [0, 0.05) is 4.48 Å². The second-order valence-corrected chi connectivity index (χ2v) is 5.22. The predicted octanol–water partition coefficient (Wildman–Crippen LogP) is 3.87. The molecule has 1 atom stereocenters. The van der Waals surface area contributed by atoms with Crippen molar-refractivity contribution in [1.29, 1.82) is 0 Å². The first-order chi connectivity index (χ1) is 9.20. The fourth-order valence-electron chi connectivity index (χ4n) is 1.86. The SMILES string of the molecule is C=CCCCC(O)/C=C(\Br)c1ccc2c(c1)OCO2. The summed E-state index contributed by atoms with van der Waals surface area (Å²) in [4.78, 5) is 0. The molecule has 0 aliphatic carbocycles. The molecule has 0 radical (unpaired) electrons. The van der Waals surface area contributed by atoms with Gasteiger partial charge in [0.1, 0.15) is 0 Å². The first-order valence-electron chi connectivity index (χ1n) is 6.27. The van der Waals surface area contributed by atoms with E-state index >= 15 is 0 Å². The summed E-state index contributed by atoms with van der Waals surface area (Å²) in [6.07, 6.45) is 5.80. The number of aliphatic hydroxyl groups excluding tert-OH is 1. The molecule has 1 aromatic carbocycles. The zero-order valence-corrected chi connectivity index (χ0v) is 12.2. The molecule has 0 fully saturated rings. The van der Waals surface area contributed by atoms with Crippen molar-refractivity contribution in [3.05, 3.63) is 42.5 Å². The second-order valence-electron chi connectivity index (χ2n) is 4.37. The van der Waals surface area contributed by atoms with Gasteiger partial charge >= 0.3 is 0 Å². The first-order valence-corrected chi connectivity index (χ1v) is 7.06. The van der Waals surface area contributed by atoms with Crippen molar-refractivity contribution in [3.8, 4) is 11.5 Å². The molecule has 102 valence electrons. The maximum absolute atomic E-state index is 9.90. The van der Waals surface area contributed by atoms with Crippen molar-refractivity contribution in [2.75, 3.05) is 6.79 Å².